The Morgan fingerprint density at radius 1 is 1.42 bits per heavy atom. The molecule has 3 heterocycles. The maximum atomic E-state index is 10.8. The number of phosphoric acid groups is 1. The van der Waals surface area contributed by atoms with Gasteiger partial charge in [-0.15, -0.1) is 0 Å². The molecule has 13 heteroatoms. The van der Waals surface area contributed by atoms with Crippen molar-refractivity contribution in [2.45, 2.75) is 24.5 Å². The first-order valence-electron chi connectivity index (χ1n) is 6.92. The number of phosphoric ester groups is 1. The third-order valence-corrected chi connectivity index (χ3v) is 4.28. The summed E-state index contributed by atoms with van der Waals surface area (Å²) in [5, 5.41) is 30.3. The van der Waals surface area contributed by atoms with E-state index in [1.54, 1.807) is 7.05 Å². The summed E-state index contributed by atoms with van der Waals surface area (Å²) in [7, 11) is -3.10. The highest BCUT2D eigenvalue weighted by molar-refractivity contribution is 7.46. The zero-order chi connectivity index (χ0) is 17.6. The van der Waals surface area contributed by atoms with Crippen molar-refractivity contribution in [3.8, 4) is 0 Å². The van der Waals surface area contributed by atoms with Crippen LogP contribution < -0.4 is 10.8 Å². The number of aliphatic hydroxyl groups is 3. The van der Waals surface area contributed by atoms with Crippen molar-refractivity contribution in [3.05, 3.63) is 17.2 Å². The second-order valence-electron chi connectivity index (χ2n) is 5.48. The molecule has 134 valence electrons. The van der Waals surface area contributed by atoms with Gasteiger partial charge < -0.3 is 34.7 Å². The van der Waals surface area contributed by atoms with Crippen LogP contribution in [-0.4, -0.2) is 78.2 Å². The van der Waals surface area contributed by atoms with E-state index >= 15 is 0 Å². The largest absolute Gasteiger partial charge is 0.493 e. The van der Waals surface area contributed by atoms with Crippen molar-refractivity contribution in [1.82, 2.24) is 14.5 Å². The number of aromatic nitrogens is 2. The molecule has 24 heavy (non-hydrogen) atoms. The van der Waals surface area contributed by atoms with Crippen LogP contribution in [0.2, 0.25) is 0 Å². The van der Waals surface area contributed by atoms with Crippen LogP contribution in [-0.2, 0) is 13.8 Å². The van der Waals surface area contributed by atoms with E-state index in [0.29, 0.717) is 0 Å². The van der Waals surface area contributed by atoms with Gasteiger partial charge in [-0.3, -0.25) is 9.09 Å². The molecule has 2 aliphatic heterocycles. The molecule has 1 saturated heterocycles. The lowest BCUT2D eigenvalue weighted by atomic mass is 10.1. The molecule has 5 N–H and O–H groups in total. The average molecular weight is 364 g/mol. The van der Waals surface area contributed by atoms with Crippen LogP contribution in [0.5, 0.6) is 0 Å². The average Bonchev–Trinajstić information content (AvgIpc) is 3.04. The van der Waals surface area contributed by atoms with Crippen molar-refractivity contribution >= 4 is 13.7 Å². The van der Waals surface area contributed by atoms with Crippen LogP contribution in [0.15, 0.2) is 11.3 Å². The Hall–Kier alpha value is -1.53. The molecule has 4 atom stereocenters. The molecule has 1 aromatic rings. The Balaban J connectivity index is 1.87. The number of aliphatic hydroxyl groups excluding tert-OH is 3. The van der Waals surface area contributed by atoms with Crippen LogP contribution in [0.4, 0.5) is 0 Å². The number of rotatable bonds is 4. The second kappa shape index (κ2) is 6.08. The second-order valence-corrected chi connectivity index (χ2v) is 6.72. The highest BCUT2D eigenvalue weighted by Gasteiger charge is 2.45. The molecule has 0 saturated carbocycles. The molecule has 1 aromatic heterocycles. The molecule has 0 radical (unpaired) electrons. The van der Waals surface area contributed by atoms with Gasteiger partial charge in [0.15, 0.2) is 17.1 Å². The van der Waals surface area contributed by atoms with E-state index in [-0.39, 0.29) is 23.4 Å². The van der Waals surface area contributed by atoms with Gasteiger partial charge in [0.1, 0.15) is 25.0 Å². The van der Waals surface area contributed by atoms with Gasteiger partial charge in [-0.1, -0.05) is 0 Å². The maximum Gasteiger partial charge on any atom is 0.469 e. The summed E-state index contributed by atoms with van der Waals surface area (Å²) in [4.78, 5) is 27.1. The summed E-state index contributed by atoms with van der Waals surface area (Å²) in [5.74, 6) is -0.0897. The van der Waals surface area contributed by atoms with Crippen molar-refractivity contribution in [2.24, 2.45) is 4.99 Å². The number of imidazole rings is 1. The van der Waals surface area contributed by atoms with Gasteiger partial charge in [0.25, 0.3) is 0 Å². The van der Waals surface area contributed by atoms with Crippen molar-refractivity contribution in [2.75, 3.05) is 20.3 Å². The molecule has 0 aromatic carbocycles. The molecule has 3 rings (SSSR count). The minimum atomic E-state index is -4.73. The highest BCUT2D eigenvalue weighted by Crippen LogP contribution is 2.38. The first kappa shape index (κ1) is 17.3. The maximum absolute atomic E-state index is 10.8. The number of nitrogens with zero attached hydrogens (tertiary/aromatic N) is 4. The monoisotopic (exact) mass is 364 g/mol. The van der Waals surface area contributed by atoms with Crippen LogP contribution in [0.3, 0.4) is 0 Å². The number of hydrogen-bond donors (Lipinski definition) is 5. The smallest absolute Gasteiger partial charge is 0.469 e. The molecule has 0 unspecified atom stereocenters. The number of ether oxygens (including phenoxy) is 1. The van der Waals surface area contributed by atoms with E-state index in [2.05, 4.69) is 14.5 Å². The molecule has 1 fully saturated rings. The van der Waals surface area contributed by atoms with E-state index in [1.807, 2.05) is 0 Å². The fourth-order valence-corrected chi connectivity index (χ4v) is 2.88. The lowest BCUT2D eigenvalue weighted by Gasteiger charge is -2.19. The third kappa shape index (κ3) is 3.05. The normalized spacial score (nSPS) is 30.4. The van der Waals surface area contributed by atoms with E-state index in [1.165, 1.54) is 15.8 Å². The number of fused-ring (bicyclic) bond motifs is 1. The SMILES string of the molecule is CN1CN=c2c(ncn2[C@@H]2O[C@H](COP(=O)(O)O)[C@@H](O)[C@H]2O)=C1O. The van der Waals surface area contributed by atoms with Crippen LogP contribution in [0.25, 0.3) is 5.88 Å². The molecular formula is C11H17N4O8P. The molecule has 2 aliphatic rings. The van der Waals surface area contributed by atoms with E-state index in [0.717, 1.165) is 0 Å². The van der Waals surface area contributed by atoms with Crippen molar-refractivity contribution in [3.63, 3.8) is 0 Å². The van der Waals surface area contributed by atoms with Crippen molar-refractivity contribution < 1.29 is 38.9 Å². The Morgan fingerprint density at radius 2 is 2.12 bits per heavy atom. The fourth-order valence-electron chi connectivity index (χ4n) is 2.54. The predicted molar refractivity (Wildman–Crippen MR) is 75.6 cm³/mol. The first-order valence-corrected chi connectivity index (χ1v) is 8.45. The molecule has 0 bridgehead atoms. The molecule has 12 nitrogen and oxygen atoms in total. The van der Waals surface area contributed by atoms with Gasteiger partial charge in [-0.2, -0.15) is 0 Å². The van der Waals surface area contributed by atoms with E-state index in [9.17, 15) is 19.9 Å². The summed E-state index contributed by atoms with van der Waals surface area (Å²) in [5.41, 5.74) is 0.262. The first-order chi connectivity index (χ1) is 11.2. The van der Waals surface area contributed by atoms with Gasteiger partial charge in [0.05, 0.1) is 12.9 Å². The lowest BCUT2D eigenvalue weighted by molar-refractivity contribution is -0.0539. The van der Waals surface area contributed by atoms with E-state index in [4.69, 9.17) is 14.5 Å². The highest BCUT2D eigenvalue weighted by atomic mass is 31.2. The molecule has 0 amide bonds. The van der Waals surface area contributed by atoms with Crippen LogP contribution >= 0.6 is 7.82 Å². The van der Waals surface area contributed by atoms with Gasteiger partial charge in [0, 0.05) is 7.05 Å². The molecule has 0 aliphatic carbocycles. The van der Waals surface area contributed by atoms with Gasteiger partial charge in [0.2, 0.25) is 5.88 Å². The molecular weight excluding hydrogens is 347 g/mol. The zero-order valence-electron chi connectivity index (χ0n) is 12.5. The van der Waals surface area contributed by atoms with Gasteiger partial charge in [-0.05, 0) is 0 Å². The quantitative estimate of drug-likeness (QED) is 0.342. The minimum Gasteiger partial charge on any atom is -0.493 e. The zero-order valence-corrected chi connectivity index (χ0v) is 13.4. The summed E-state index contributed by atoms with van der Waals surface area (Å²) < 4.78 is 21.8. The Labute approximate surface area is 135 Å². The van der Waals surface area contributed by atoms with Crippen LogP contribution in [0, 0.1) is 0 Å². The van der Waals surface area contributed by atoms with Gasteiger partial charge >= 0.3 is 7.82 Å². The summed E-state index contributed by atoms with van der Waals surface area (Å²) in [6.07, 6.45) is -3.79. The van der Waals surface area contributed by atoms with E-state index < -0.39 is 39.0 Å². The predicted octanol–water partition coefficient (Wildman–Crippen LogP) is -3.24. The molecule has 0 spiro atoms. The third-order valence-electron chi connectivity index (χ3n) is 3.79. The summed E-state index contributed by atoms with van der Waals surface area (Å²) in [6, 6.07) is 0. The number of hydrogen-bond acceptors (Lipinski definition) is 9. The summed E-state index contributed by atoms with van der Waals surface area (Å²) in [6.45, 7) is -0.437. The Morgan fingerprint density at radius 3 is 2.79 bits per heavy atom. The van der Waals surface area contributed by atoms with Gasteiger partial charge in [-0.25, -0.2) is 14.5 Å². The Bertz CT molecular complexity index is 790. The van der Waals surface area contributed by atoms with Crippen molar-refractivity contribution in [1.29, 1.82) is 0 Å². The Kier molecular flexibility index (Phi) is 4.38. The summed E-state index contributed by atoms with van der Waals surface area (Å²) >= 11 is 0. The minimum absolute atomic E-state index is 0.0897. The standard InChI is InChI=1S/C11H17N4O8P/c1-14-3-13-9-6(10(14)18)12-4-15(9)11-8(17)7(16)5(23-11)2-22-24(19,20)21/h4-5,7-8,11,16-18H,2-3H2,1H3,(H2,19,20,21)/t5-,7-,8-,11-/m1/s1. The van der Waals surface area contributed by atoms with Crippen LogP contribution in [0.1, 0.15) is 6.23 Å². The topological polar surface area (TPSA) is 170 Å². The fraction of sp³-hybridized carbons (Fsp3) is 0.636. The lowest BCUT2D eigenvalue weighted by Crippen LogP contribution is -2.44.